The third kappa shape index (κ3) is 2.68. The van der Waals surface area contributed by atoms with E-state index in [4.69, 9.17) is 11.6 Å². The van der Waals surface area contributed by atoms with Gasteiger partial charge in [0.25, 0.3) is 0 Å². The van der Waals surface area contributed by atoms with Gasteiger partial charge in [0.2, 0.25) is 0 Å². The van der Waals surface area contributed by atoms with Crippen LogP contribution in [0.4, 0.5) is 0 Å². The summed E-state index contributed by atoms with van der Waals surface area (Å²) < 4.78 is 3.23. The molecule has 0 bridgehead atoms. The van der Waals surface area contributed by atoms with Crippen molar-refractivity contribution in [2.45, 2.75) is 13.0 Å². The van der Waals surface area contributed by atoms with Crippen LogP contribution in [0.2, 0.25) is 0 Å². The summed E-state index contributed by atoms with van der Waals surface area (Å²) in [6, 6.07) is 6.15. The van der Waals surface area contributed by atoms with E-state index in [2.05, 4.69) is 41.9 Å². The fourth-order valence-corrected chi connectivity index (χ4v) is 3.15. The SMILES string of the molecule is ClCCc1nc2cc(Br)ccc2n1Cc1cscn1. The zero-order chi connectivity index (χ0) is 13.2. The monoisotopic (exact) mass is 355 g/mol. The topological polar surface area (TPSA) is 30.7 Å². The van der Waals surface area contributed by atoms with Crippen LogP contribution in [-0.4, -0.2) is 20.4 Å². The summed E-state index contributed by atoms with van der Waals surface area (Å²) in [6.07, 6.45) is 0.762. The molecule has 0 fully saturated rings. The molecule has 0 saturated heterocycles. The van der Waals surface area contributed by atoms with E-state index in [1.165, 1.54) is 0 Å². The first-order chi connectivity index (χ1) is 9.28. The average molecular weight is 357 g/mol. The van der Waals surface area contributed by atoms with Crippen LogP contribution in [0.25, 0.3) is 11.0 Å². The van der Waals surface area contributed by atoms with E-state index in [0.29, 0.717) is 5.88 Å². The lowest BCUT2D eigenvalue weighted by molar-refractivity contribution is 0.741. The smallest absolute Gasteiger partial charge is 0.111 e. The number of halogens is 2. The molecule has 98 valence electrons. The van der Waals surface area contributed by atoms with Crippen molar-refractivity contribution in [3.05, 3.63) is 45.1 Å². The van der Waals surface area contributed by atoms with E-state index in [-0.39, 0.29) is 0 Å². The number of alkyl halides is 1. The fourth-order valence-electron chi connectivity index (χ4n) is 2.08. The van der Waals surface area contributed by atoms with E-state index in [9.17, 15) is 0 Å². The van der Waals surface area contributed by atoms with Crippen molar-refractivity contribution in [2.75, 3.05) is 5.88 Å². The summed E-state index contributed by atoms with van der Waals surface area (Å²) in [5.41, 5.74) is 5.02. The number of hydrogen-bond acceptors (Lipinski definition) is 3. The Labute approximate surface area is 128 Å². The summed E-state index contributed by atoms with van der Waals surface area (Å²) in [5, 5.41) is 2.06. The molecule has 0 aliphatic carbocycles. The third-order valence-electron chi connectivity index (χ3n) is 2.91. The van der Waals surface area contributed by atoms with Crippen LogP contribution in [0, 0.1) is 0 Å². The first kappa shape index (κ1) is 13.1. The minimum absolute atomic E-state index is 0.571. The Kier molecular flexibility index (Phi) is 3.86. The number of aryl methyl sites for hydroxylation is 1. The number of rotatable bonds is 4. The van der Waals surface area contributed by atoms with E-state index < -0.39 is 0 Å². The van der Waals surface area contributed by atoms with E-state index in [1.807, 2.05) is 17.6 Å². The maximum atomic E-state index is 5.87. The van der Waals surface area contributed by atoms with Crippen LogP contribution in [0.1, 0.15) is 11.5 Å². The molecule has 0 spiro atoms. The molecule has 0 amide bonds. The van der Waals surface area contributed by atoms with Gasteiger partial charge in [-0.2, -0.15) is 0 Å². The Morgan fingerprint density at radius 3 is 3.00 bits per heavy atom. The molecule has 0 aliphatic heterocycles. The third-order valence-corrected chi connectivity index (χ3v) is 4.23. The highest BCUT2D eigenvalue weighted by Crippen LogP contribution is 2.22. The lowest BCUT2D eigenvalue weighted by Gasteiger charge is -2.06. The Morgan fingerprint density at radius 2 is 2.26 bits per heavy atom. The summed E-state index contributed by atoms with van der Waals surface area (Å²) in [6.45, 7) is 0.744. The predicted octanol–water partition coefficient (Wildman–Crippen LogP) is 4.08. The van der Waals surface area contributed by atoms with Crippen LogP contribution in [-0.2, 0) is 13.0 Å². The summed E-state index contributed by atoms with van der Waals surface area (Å²) in [5.74, 6) is 1.58. The predicted molar refractivity (Wildman–Crippen MR) is 83.1 cm³/mol. The van der Waals surface area contributed by atoms with Crippen LogP contribution < -0.4 is 0 Å². The first-order valence-corrected chi connectivity index (χ1v) is 8.12. The highest BCUT2D eigenvalue weighted by atomic mass is 79.9. The van der Waals surface area contributed by atoms with Gasteiger partial charge in [-0.3, -0.25) is 0 Å². The molecule has 2 heterocycles. The van der Waals surface area contributed by atoms with Crippen LogP contribution >= 0.6 is 38.9 Å². The van der Waals surface area contributed by atoms with Crippen molar-refractivity contribution >= 4 is 49.9 Å². The summed E-state index contributed by atoms with van der Waals surface area (Å²) in [4.78, 5) is 9.01. The van der Waals surface area contributed by atoms with Crippen molar-refractivity contribution in [3.8, 4) is 0 Å². The molecular weight excluding hydrogens is 346 g/mol. The van der Waals surface area contributed by atoms with Crippen molar-refractivity contribution in [2.24, 2.45) is 0 Å². The Bertz CT molecular complexity index is 693. The molecule has 0 radical (unpaired) electrons. The minimum Gasteiger partial charge on any atom is -0.322 e. The molecule has 2 aromatic heterocycles. The van der Waals surface area contributed by atoms with Gasteiger partial charge in [0.05, 0.1) is 28.8 Å². The van der Waals surface area contributed by atoms with Crippen molar-refractivity contribution in [1.82, 2.24) is 14.5 Å². The van der Waals surface area contributed by atoms with Gasteiger partial charge in [0, 0.05) is 22.2 Å². The van der Waals surface area contributed by atoms with Gasteiger partial charge in [-0.25, -0.2) is 9.97 Å². The second kappa shape index (κ2) is 5.61. The second-order valence-electron chi connectivity index (χ2n) is 4.17. The van der Waals surface area contributed by atoms with Gasteiger partial charge in [-0.15, -0.1) is 22.9 Å². The average Bonchev–Trinajstić information content (AvgIpc) is 2.99. The van der Waals surface area contributed by atoms with Crippen LogP contribution in [0.3, 0.4) is 0 Å². The number of nitrogens with zero attached hydrogens (tertiary/aromatic N) is 3. The standard InChI is InChI=1S/C13H11BrClN3S/c14-9-1-2-12-11(5-9)17-13(3-4-15)18(12)6-10-7-19-8-16-10/h1-2,5,7-8H,3-4,6H2. The van der Waals surface area contributed by atoms with Gasteiger partial charge in [0.15, 0.2) is 0 Å². The Balaban J connectivity index is 2.10. The lowest BCUT2D eigenvalue weighted by Crippen LogP contribution is -2.06. The van der Waals surface area contributed by atoms with Crippen molar-refractivity contribution < 1.29 is 0 Å². The number of aromatic nitrogens is 3. The largest absolute Gasteiger partial charge is 0.322 e. The molecular formula is C13H11BrClN3S. The van der Waals surface area contributed by atoms with Crippen molar-refractivity contribution in [3.63, 3.8) is 0 Å². The molecule has 19 heavy (non-hydrogen) atoms. The molecule has 6 heteroatoms. The van der Waals surface area contributed by atoms with Crippen LogP contribution in [0.5, 0.6) is 0 Å². The lowest BCUT2D eigenvalue weighted by atomic mass is 10.3. The summed E-state index contributed by atoms with van der Waals surface area (Å²) in [7, 11) is 0. The van der Waals surface area contributed by atoms with Gasteiger partial charge < -0.3 is 4.57 Å². The zero-order valence-corrected chi connectivity index (χ0v) is 13.2. The van der Waals surface area contributed by atoms with Crippen LogP contribution in [0.15, 0.2) is 33.6 Å². The number of imidazole rings is 1. The molecule has 0 N–H and O–H groups in total. The number of fused-ring (bicyclic) bond motifs is 1. The maximum absolute atomic E-state index is 5.87. The molecule has 1 aromatic carbocycles. The number of benzene rings is 1. The quantitative estimate of drug-likeness (QED) is 0.659. The van der Waals surface area contributed by atoms with Gasteiger partial charge in [-0.05, 0) is 18.2 Å². The molecule has 0 atom stereocenters. The zero-order valence-electron chi connectivity index (χ0n) is 10.0. The van der Waals surface area contributed by atoms with E-state index in [1.54, 1.807) is 11.3 Å². The molecule has 3 nitrogen and oxygen atoms in total. The number of hydrogen-bond donors (Lipinski definition) is 0. The maximum Gasteiger partial charge on any atom is 0.111 e. The fraction of sp³-hybridized carbons (Fsp3) is 0.231. The van der Waals surface area contributed by atoms with Gasteiger partial charge in [-0.1, -0.05) is 15.9 Å². The molecule has 0 saturated carbocycles. The van der Waals surface area contributed by atoms with Crippen molar-refractivity contribution in [1.29, 1.82) is 0 Å². The molecule has 3 rings (SSSR count). The first-order valence-electron chi connectivity index (χ1n) is 5.85. The molecule has 0 aliphatic rings. The Hall–Kier alpha value is -0.910. The highest BCUT2D eigenvalue weighted by Gasteiger charge is 2.11. The van der Waals surface area contributed by atoms with E-state index in [0.717, 1.165) is 40.0 Å². The number of thiazole rings is 1. The minimum atomic E-state index is 0.571. The van der Waals surface area contributed by atoms with E-state index >= 15 is 0 Å². The molecule has 3 aromatic rings. The summed E-state index contributed by atoms with van der Waals surface area (Å²) >= 11 is 11.0. The Morgan fingerprint density at radius 1 is 1.37 bits per heavy atom. The second-order valence-corrected chi connectivity index (χ2v) is 6.18. The van der Waals surface area contributed by atoms with Gasteiger partial charge >= 0.3 is 0 Å². The molecule has 0 unspecified atom stereocenters. The highest BCUT2D eigenvalue weighted by molar-refractivity contribution is 9.10. The normalized spacial score (nSPS) is 11.3. The van der Waals surface area contributed by atoms with Gasteiger partial charge in [0.1, 0.15) is 5.82 Å².